The second-order valence-corrected chi connectivity index (χ2v) is 24.8. The normalized spacial score (nSPS) is 7.10. The van der Waals surface area contributed by atoms with Crippen LogP contribution in [0.2, 0.25) is 0 Å². The van der Waals surface area contributed by atoms with Gasteiger partial charge in [-0.1, -0.05) is 12.1 Å². The number of hydrogen-bond donors (Lipinski definition) is 0. The summed E-state index contributed by atoms with van der Waals surface area (Å²) in [6.45, 7) is 0. The maximum atomic E-state index is 11.9. The Hall–Kier alpha value is 1.23. The molecule has 0 spiro atoms. The molecule has 0 aliphatic carbocycles. The van der Waals surface area contributed by atoms with Gasteiger partial charge >= 0.3 is 49.6 Å². The average molecular weight is 414 g/mol. The molecule has 0 heterocycles. The van der Waals surface area contributed by atoms with Gasteiger partial charge in [-0.3, -0.25) is 0 Å². The zero-order valence-electron chi connectivity index (χ0n) is 5.15. The molecule has 0 aliphatic rings. The van der Waals surface area contributed by atoms with Crippen LogP contribution in [0.5, 0.6) is 0 Å². The van der Waals surface area contributed by atoms with Crippen molar-refractivity contribution in [2.75, 3.05) is 0 Å². The van der Waals surface area contributed by atoms with Crippen molar-refractivity contribution in [2.24, 2.45) is 0 Å². The molecule has 0 bridgehead atoms. The van der Waals surface area contributed by atoms with Gasteiger partial charge in [0.25, 0.3) is 0 Å². The molecule has 0 saturated heterocycles. The van der Waals surface area contributed by atoms with E-state index in [1.165, 1.54) is 24.3 Å². The third-order valence-corrected chi connectivity index (χ3v) is 0.678. The maximum absolute atomic E-state index is 11.9. The molecule has 0 unspecified atom stereocenters. The quantitative estimate of drug-likeness (QED) is 0.451. The molecular formula is C6H4FI2Zn. The third kappa shape index (κ3) is 7.34. The number of halogens is 3. The number of benzene rings is 1. The van der Waals surface area contributed by atoms with Gasteiger partial charge in [-0.05, 0) is 18.2 Å². The van der Waals surface area contributed by atoms with Gasteiger partial charge in [0.2, 0.25) is 0 Å². The first kappa shape index (κ1) is 11.2. The van der Waals surface area contributed by atoms with Gasteiger partial charge in [0.05, 0.1) is 0 Å². The Kier molecular flexibility index (Phi) is 9.36. The fourth-order valence-electron chi connectivity index (χ4n) is 0.367. The molecule has 0 amide bonds. The Morgan fingerprint density at radius 2 is 1.70 bits per heavy atom. The topological polar surface area (TPSA) is 0 Å². The van der Waals surface area contributed by atoms with E-state index in [-0.39, 0.29) is 15.9 Å². The van der Waals surface area contributed by atoms with Gasteiger partial charge < -0.3 is 0 Å². The van der Waals surface area contributed by atoms with Crippen LogP contribution in [0, 0.1) is 11.9 Å². The minimum absolute atomic E-state index is 0.0650. The molecule has 1 rings (SSSR count). The van der Waals surface area contributed by atoms with Gasteiger partial charge in [-0.2, -0.15) is 0 Å². The third-order valence-electron chi connectivity index (χ3n) is 0.678. The van der Waals surface area contributed by atoms with E-state index in [4.69, 9.17) is 0 Å². The molecule has 0 fully saturated rings. The van der Waals surface area contributed by atoms with Crippen LogP contribution in [-0.2, 0) is 10.1 Å². The molecule has 0 aromatic heterocycles. The number of hydrogen-bond acceptors (Lipinski definition) is 0. The van der Waals surface area contributed by atoms with E-state index in [0.717, 1.165) is 0 Å². The summed E-state index contributed by atoms with van der Waals surface area (Å²) in [6, 6.07) is 8.49. The van der Waals surface area contributed by atoms with Crippen molar-refractivity contribution in [3.05, 3.63) is 36.1 Å². The van der Waals surface area contributed by atoms with E-state index in [1.807, 2.05) is 0 Å². The molecule has 0 N–H and O–H groups in total. The molecule has 1 aromatic rings. The zero-order valence-corrected chi connectivity index (χ0v) is 12.4. The van der Waals surface area contributed by atoms with E-state index < -0.39 is 0 Å². The fraction of sp³-hybridized carbons (Fsp3) is 0. The summed E-state index contributed by atoms with van der Waals surface area (Å²) in [7, 11) is 0.0650. The van der Waals surface area contributed by atoms with Crippen LogP contribution < -0.4 is 0 Å². The average Bonchev–Trinajstić information content (AvgIpc) is 1.91. The Morgan fingerprint density at radius 1 is 1.30 bits per heavy atom. The summed E-state index contributed by atoms with van der Waals surface area (Å²) in [4.78, 5) is 0. The van der Waals surface area contributed by atoms with Crippen molar-refractivity contribution in [2.45, 2.75) is 0 Å². The Labute approximate surface area is 88.9 Å². The first-order valence-corrected chi connectivity index (χ1v) is 20.6. The SMILES string of the molecule is Fc1cc[c]cc1.[I][Zn][I]. The first-order chi connectivity index (χ1) is 4.81. The van der Waals surface area contributed by atoms with Crippen LogP contribution in [0.4, 0.5) is 4.39 Å². The summed E-state index contributed by atoms with van der Waals surface area (Å²) in [5.74, 6) is -0.209. The van der Waals surface area contributed by atoms with Crippen molar-refractivity contribution in [3.63, 3.8) is 0 Å². The summed E-state index contributed by atoms with van der Waals surface area (Å²) in [5, 5.41) is 0. The fourth-order valence-corrected chi connectivity index (χ4v) is 0.367. The van der Waals surface area contributed by atoms with E-state index >= 15 is 0 Å². The Balaban J connectivity index is 0.000000236. The monoisotopic (exact) mass is 413 g/mol. The molecular weight excluding hydrogens is 410 g/mol. The predicted molar refractivity (Wildman–Crippen MR) is 53.3 cm³/mol. The van der Waals surface area contributed by atoms with E-state index in [1.54, 1.807) is 0 Å². The van der Waals surface area contributed by atoms with Crippen LogP contribution in [0.3, 0.4) is 0 Å². The van der Waals surface area contributed by atoms with Crippen LogP contribution in [0.1, 0.15) is 0 Å². The van der Waals surface area contributed by atoms with Gasteiger partial charge in [-0.15, -0.1) is 0 Å². The van der Waals surface area contributed by atoms with E-state index in [9.17, 15) is 4.39 Å². The van der Waals surface area contributed by atoms with Crippen LogP contribution in [-0.4, -0.2) is 0 Å². The van der Waals surface area contributed by atoms with Gasteiger partial charge in [0.1, 0.15) is 5.82 Å². The summed E-state index contributed by atoms with van der Waals surface area (Å²) >= 11 is 4.93. The molecule has 0 atom stereocenters. The standard InChI is InChI=1S/C6H4F.2HI.Zn/c7-6-4-2-1-3-5-6;;;/h2-5H;2*1H;/q;;;+2/p-2. The summed E-state index contributed by atoms with van der Waals surface area (Å²) < 4.78 is 11.9. The molecule has 0 saturated carbocycles. The van der Waals surface area contributed by atoms with Crippen LogP contribution >= 0.6 is 39.5 Å². The van der Waals surface area contributed by atoms with Gasteiger partial charge in [0, 0.05) is 0 Å². The molecule has 0 nitrogen and oxygen atoms in total. The van der Waals surface area contributed by atoms with Crippen LogP contribution in [0.15, 0.2) is 24.3 Å². The summed E-state index contributed by atoms with van der Waals surface area (Å²) in [6.07, 6.45) is 0. The van der Waals surface area contributed by atoms with Crippen molar-refractivity contribution < 1.29 is 14.5 Å². The van der Waals surface area contributed by atoms with Gasteiger partial charge in [0.15, 0.2) is 0 Å². The molecule has 4 heteroatoms. The van der Waals surface area contributed by atoms with Crippen molar-refractivity contribution in [3.8, 4) is 0 Å². The van der Waals surface area contributed by atoms with Crippen molar-refractivity contribution in [1.82, 2.24) is 0 Å². The summed E-state index contributed by atoms with van der Waals surface area (Å²) in [5.41, 5.74) is 0. The first-order valence-electron chi connectivity index (χ1n) is 2.54. The Morgan fingerprint density at radius 3 is 1.90 bits per heavy atom. The van der Waals surface area contributed by atoms with Crippen LogP contribution in [0.25, 0.3) is 0 Å². The zero-order chi connectivity index (χ0) is 7.82. The molecule has 1 radical (unpaired) electrons. The van der Waals surface area contributed by atoms with E-state index in [0.29, 0.717) is 0 Å². The van der Waals surface area contributed by atoms with Crippen molar-refractivity contribution >= 4 is 39.5 Å². The molecule has 1 aromatic carbocycles. The predicted octanol–water partition coefficient (Wildman–Crippen LogP) is 3.39. The molecule has 0 aliphatic heterocycles. The second-order valence-electron chi connectivity index (χ2n) is 1.32. The molecule has 51 valence electrons. The van der Waals surface area contributed by atoms with Gasteiger partial charge in [-0.25, -0.2) is 4.39 Å². The Bertz CT molecular complexity index is 157. The minimum atomic E-state index is -0.209. The van der Waals surface area contributed by atoms with Crippen molar-refractivity contribution in [1.29, 1.82) is 0 Å². The van der Waals surface area contributed by atoms with E-state index in [2.05, 4.69) is 45.6 Å². The number of rotatable bonds is 0. The molecule has 10 heavy (non-hydrogen) atoms. The second kappa shape index (κ2) is 8.33.